The van der Waals surface area contributed by atoms with Gasteiger partial charge in [-0.05, 0) is 24.0 Å². The van der Waals surface area contributed by atoms with Crippen LogP contribution >= 0.6 is 12.4 Å². The highest BCUT2D eigenvalue weighted by Crippen LogP contribution is 2.35. The number of para-hydroxylation sites is 1. The zero-order valence-corrected chi connectivity index (χ0v) is 13.8. The van der Waals surface area contributed by atoms with E-state index >= 15 is 0 Å². The number of amides is 1. The fraction of sp³-hybridized carbons (Fsp3) is 0.562. The first kappa shape index (κ1) is 18.7. The molecule has 0 aliphatic carbocycles. The summed E-state index contributed by atoms with van der Waals surface area (Å²) in [4.78, 5) is 12.0. The second kappa shape index (κ2) is 10.4. The summed E-state index contributed by atoms with van der Waals surface area (Å²) in [7, 11) is 1.68. The molecule has 0 saturated carbocycles. The first-order chi connectivity index (χ1) is 10.3. The Kier molecular flexibility index (Phi) is 8.89. The molecule has 5 nitrogen and oxygen atoms in total. The monoisotopic (exact) mass is 328 g/mol. The van der Waals surface area contributed by atoms with Crippen molar-refractivity contribution >= 4 is 18.3 Å². The molecular weight excluding hydrogens is 304 g/mol. The Balaban J connectivity index is 0.00000242. The Morgan fingerprint density at radius 1 is 1.32 bits per heavy atom. The minimum atomic E-state index is 0. The van der Waals surface area contributed by atoms with E-state index in [0.717, 1.165) is 30.8 Å². The van der Waals surface area contributed by atoms with E-state index in [9.17, 15) is 4.79 Å². The minimum Gasteiger partial charge on any atom is -0.493 e. The van der Waals surface area contributed by atoms with Crippen molar-refractivity contribution in [2.45, 2.75) is 18.8 Å². The maximum Gasteiger partial charge on any atom is 0.220 e. The molecule has 0 saturated heterocycles. The van der Waals surface area contributed by atoms with Gasteiger partial charge < -0.3 is 20.1 Å². The van der Waals surface area contributed by atoms with Crippen LogP contribution in [0.2, 0.25) is 0 Å². The van der Waals surface area contributed by atoms with Crippen LogP contribution in [0.25, 0.3) is 0 Å². The van der Waals surface area contributed by atoms with Gasteiger partial charge in [0.05, 0.1) is 13.2 Å². The average Bonchev–Trinajstić information content (AvgIpc) is 2.51. The third kappa shape index (κ3) is 5.83. The lowest BCUT2D eigenvalue weighted by Gasteiger charge is -2.25. The lowest BCUT2D eigenvalue weighted by Crippen LogP contribution is -2.34. The SMILES string of the molecule is COCCNCCNC(=O)CC1CCOc2ccccc21.Cl. The van der Waals surface area contributed by atoms with Gasteiger partial charge in [0.25, 0.3) is 0 Å². The van der Waals surface area contributed by atoms with Gasteiger partial charge in [0.1, 0.15) is 5.75 Å². The maximum absolute atomic E-state index is 12.0. The average molecular weight is 329 g/mol. The molecule has 2 N–H and O–H groups in total. The molecule has 2 rings (SSSR count). The molecule has 124 valence electrons. The number of ether oxygens (including phenoxy) is 2. The topological polar surface area (TPSA) is 59.6 Å². The lowest BCUT2D eigenvalue weighted by molar-refractivity contribution is -0.121. The molecule has 0 fully saturated rings. The van der Waals surface area contributed by atoms with E-state index in [-0.39, 0.29) is 24.2 Å². The summed E-state index contributed by atoms with van der Waals surface area (Å²) in [5.74, 6) is 1.28. The fourth-order valence-electron chi connectivity index (χ4n) is 2.51. The van der Waals surface area contributed by atoms with Gasteiger partial charge in [0, 0.05) is 33.2 Å². The molecule has 1 amide bonds. The highest BCUT2D eigenvalue weighted by atomic mass is 35.5. The van der Waals surface area contributed by atoms with Gasteiger partial charge in [0.2, 0.25) is 5.91 Å². The normalized spacial score (nSPS) is 16.1. The Bertz CT molecular complexity index is 457. The summed E-state index contributed by atoms with van der Waals surface area (Å²) >= 11 is 0. The van der Waals surface area contributed by atoms with Crippen LogP contribution in [-0.4, -0.2) is 45.9 Å². The third-order valence-electron chi connectivity index (χ3n) is 3.62. The number of carbonyl (C=O) groups excluding carboxylic acids is 1. The Morgan fingerprint density at radius 3 is 2.95 bits per heavy atom. The summed E-state index contributed by atoms with van der Waals surface area (Å²) < 4.78 is 10.6. The van der Waals surface area contributed by atoms with Crippen molar-refractivity contribution in [2.75, 3.05) is 40.0 Å². The molecule has 1 aromatic carbocycles. The van der Waals surface area contributed by atoms with Gasteiger partial charge in [-0.1, -0.05) is 18.2 Å². The van der Waals surface area contributed by atoms with E-state index in [0.29, 0.717) is 26.2 Å². The van der Waals surface area contributed by atoms with Crippen molar-refractivity contribution in [1.82, 2.24) is 10.6 Å². The van der Waals surface area contributed by atoms with Crippen LogP contribution in [0.3, 0.4) is 0 Å². The van der Waals surface area contributed by atoms with Crippen LogP contribution in [0, 0.1) is 0 Å². The summed E-state index contributed by atoms with van der Waals surface area (Å²) in [6.45, 7) is 3.59. The number of hydrogen-bond donors (Lipinski definition) is 2. The molecule has 1 atom stereocenters. The smallest absolute Gasteiger partial charge is 0.220 e. The molecular formula is C16H25ClN2O3. The number of fused-ring (bicyclic) bond motifs is 1. The van der Waals surface area contributed by atoms with Crippen molar-refractivity contribution < 1.29 is 14.3 Å². The second-order valence-corrected chi connectivity index (χ2v) is 5.17. The van der Waals surface area contributed by atoms with Gasteiger partial charge in [0.15, 0.2) is 0 Å². The van der Waals surface area contributed by atoms with Crippen LogP contribution in [-0.2, 0) is 9.53 Å². The molecule has 0 bridgehead atoms. The van der Waals surface area contributed by atoms with E-state index in [1.54, 1.807) is 7.11 Å². The molecule has 0 spiro atoms. The fourth-order valence-corrected chi connectivity index (χ4v) is 2.51. The predicted molar refractivity (Wildman–Crippen MR) is 88.9 cm³/mol. The Hall–Kier alpha value is -1.30. The highest BCUT2D eigenvalue weighted by molar-refractivity contribution is 5.85. The van der Waals surface area contributed by atoms with Crippen LogP contribution in [0.1, 0.15) is 24.3 Å². The molecule has 0 aromatic heterocycles. The molecule has 1 unspecified atom stereocenters. The van der Waals surface area contributed by atoms with Crippen LogP contribution in [0.5, 0.6) is 5.75 Å². The van der Waals surface area contributed by atoms with Crippen LogP contribution in [0.15, 0.2) is 24.3 Å². The quantitative estimate of drug-likeness (QED) is 0.713. The number of nitrogens with one attached hydrogen (secondary N) is 2. The minimum absolute atomic E-state index is 0. The van der Waals surface area contributed by atoms with Gasteiger partial charge in [-0.3, -0.25) is 4.79 Å². The Morgan fingerprint density at radius 2 is 2.14 bits per heavy atom. The van der Waals surface area contributed by atoms with Gasteiger partial charge in [-0.2, -0.15) is 0 Å². The second-order valence-electron chi connectivity index (χ2n) is 5.17. The number of carbonyl (C=O) groups is 1. The van der Waals surface area contributed by atoms with Crippen molar-refractivity contribution in [3.05, 3.63) is 29.8 Å². The summed E-state index contributed by atoms with van der Waals surface area (Å²) in [5, 5.41) is 6.16. The molecule has 1 heterocycles. The lowest BCUT2D eigenvalue weighted by atomic mass is 9.90. The van der Waals surface area contributed by atoms with Crippen molar-refractivity contribution in [1.29, 1.82) is 0 Å². The molecule has 1 aliphatic heterocycles. The third-order valence-corrected chi connectivity index (χ3v) is 3.62. The molecule has 0 radical (unpaired) electrons. The van der Waals surface area contributed by atoms with Crippen molar-refractivity contribution in [3.63, 3.8) is 0 Å². The number of hydrogen-bond acceptors (Lipinski definition) is 4. The Labute approximate surface area is 138 Å². The number of rotatable bonds is 8. The number of methoxy groups -OCH3 is 1. The first-order valence-corrected chi connectivity index (χ1v) is 7.49. The van der Waals surface area contributed by atoms with Crippen molar-refractivity contribution in [3.8, 4) is 5.75 Å². The van der Waals surface area contributed by atoms with E-state index < -0.39 is 0 Å². The van der Waals surface area contributed by atoms with E-state index in [1.165, 1.54) is 0 Å². The van der Waals surface area contributed by atoms with Gasteiger partial charge >= 0.3 is 0 Å². The molecule has 1 aliphatic rings. The maximum atomic E-state index is 12.0. The number of benzene rings is 1. The largest absolute Gasteiger partial charge is 0.493 e. The van der Waals surface area contributed by atoms with Crippen LogP contribution < -0.4 is 15.4 Å². The molecule has 6 heteroatoms. The zero-order chi connectivity index (χ0) is 14.9. The highest BCUT2D eigenvalue weighted by Gasteiger charge is 2.23. The van der Waals surface area contributed by atoms with E-state index in [2.05, 4.69) is 16.7 Å². The van der Waals surface area contributed by atoms with Crippen molar-refractivity contribution in [2.24, 2.45) is 0 Å². The van der Waals surface area contributed by atoms with Crippen LogP contribution in [0.4, 0.5) is 0 Å². The summed E-state index contributed by atoms with van der Waals surface area (Å²) in [6.07, 6.45) is 1.43. The predicted octanol–water partition coefficient (Wildman–Crippen LogP) is 1.72. The number of halogens is 1. The van der Waals surface area contributed by atoms with E-state index in [1.807, 2.05) is 18.2 Å². The zero-order valence-electron chi connectivity index (χ0n) is 13.0. The van der Waals surface area contributed by atoms with E-state index in [4.69, 9.17) is 9.47 Å². The summed E-state index contributed by atoms with van der Waals surface area (Å²) in [5.41, 5.74) is 1.15. The first-order valence-electron chi connectivity index (χ1n) is 7.49. The summed E-state index contributed by atoms with van der Waals surface area (Å²) in [6, 6.07) is 7.99. The standard InChI is InChI=1S/C16H24N2O3.ClH/c1-20-11-9-17-7-8-18-16(19)12-13-6-10-21-15-5-3-2-4-14(13)15;/h2-5,13,17H,6-12H2,1H3,(H,18,19);1H. The molecule has 1 aromatic rings. The van der Waals surface area contributed by atoms with Gasteiger partial charge in [-0.15, -0.1) is 12.4 Å². The van der Waals surface area contributed by atoms with Gasteiger partial charge in [-0.25, -0.2) is 0 Å². The molecule has 22 heavy (non-hydrogen) atoms.